The van der Waals surface area contributed by atoms with Gasteiger partial charge in [0, 0.05) is 0 Å². The van der Waals surface area contributed by atoms with Gasteiger partial charge >= 0.3 is 12.0 Å². The Morgan fingerprint density at radius 1 is 0.875 bits per heavy atom. The minimum Gasteiger partial charge on any atom is -0.507 e. The van der Waals surface area contributed by atoms with Crippen LogP contribution in [0.1, 0.15) is 41.4 Å². The predicted molar refractivity (Wildman–Crippen MR) is 118 cm³/mol. The van der Waals surface area contributed by atoms with Crippen LogP contribution >= 0.6 is 0 Å². The zero-order valence-electron chi connectivity index (χ0n) is 17.6. The Hall–Kier alpha value is -4.13. The summed E-state index contributed by atoms with van der Waals surface area (Å²) in [6.07, 6.45) is 0. The van der Waals surface area contributed by atoms with Crippen molar-refractivity contribution in [2.75, 3.05) is 0 Å². The van der Waals surface area contributed by atoms with Crippen molar-refractivity contribution in [2.45, 2.75) is 19.9 Å². The topological polar surface area (TPSA) is 105 Å². The van der Waals surface area contributed by atoms with Gasteiger partial charge in [-0.1, -0.05) is 68.4 Å². The Morgan fingerprint density at radius 2 is 1.47 bits per heavy atom. The first-order chi connectivity index (χ1) is 15.4. The van der Waals surface area contributed by atoms with E-state index in [1.807, 2.05) is 48.5 Å². The quantitative estimate of drug-likeness (QED) is 0.426. The molecule has 0 unspecified atom stereocenters. The van der Waals surface area contributed by atoms with E-state index in [1.54, 1.807) is 13.8 Å². The summed E-state index contributed by atoms with van der Waals surface area (Å²) in [5.41, 5.74) is 3.59. The molecule has 32 heavy (non-hydrogen) atoms. The number of aromatic hydroxyl groups is 1. The lowest BCUT2D eigenvalue weighted by Crippen LogP contribution is -2.41. The number of fused-ring (bicyclic) bond motifs is 3. The lowest BCUT2D eigenvalue weighted by atomic mass is 10.1. The molecule has 3 aromatic carbocycles. The van der Waals surface area contributed by atoms with E-state index in [0.717, 1.165) is 22.3 Å². The highest BCUT2D eigenvalue weighted by molar-refractivity contribution is 6.08. The molecule has 0 aliphatic heterocycles. The van der Waals surface area contributed by atoms with Gasteiger partial charge in [0.25, 0.3) is 5.91 Å². The van der Waals surface area contributed by atoms with E-state index in [-0.39, 0.29) is 11.3 Å². The Morgan fingerprint density at radius 3 is 2.06 bits per heavy atom. The molecule has 0 spiro atoms. The lowest BCUT2D eigenvalue weighted by molar-refractivity contribution is -0.137. The van der Waals surface area contributed by atoms with Crippen molar-refractivity contribution in [2.24, 2.45) is 5.92 Å². The fourth-order valence-corrected chi connectivity index (χ4v) is 3.70. The van der Waals surface area contributed by atoms with Gasteiger partial charge in [0.05, 0.1) is 12.0 Å². The molecule has 3 N–H and O–H groups in total. The second kappa shape index (κ2) is 8.55. The molecule has 0 heterocycles. The second-order valence-electron chi connectivity index (χ2n) is 7.76. The van der Waals surface area contributed by atoms with Gasteiger partial charge in [0.1, 0.15) is 17.1 Å². The lowest BCUT2D eigenvalue weighted by Gasteiger charge is -2.17. The number of amides is 3. The molecular weight excluding hydrogens is 408 g/mol. The highest BCUT2D eigenvalue weighted by Crippen LogP contribution is 2.42. The van der Waals surface area contributed by atoms with E-state index < -0.39 is 35.6 Å². The molecule has 0 aromatic heterocycles. The Kier molecular flexibility index (Phi) is 5.64. The minimum atomic E-state index is -0.883. The zero-order valence-corrected chi connectivity index (χ0v) is 17.6. The van der Waals surface area contributed by atoms with Gasteiger partial charge < -0.3 is 15.2 Å². The maximum atomic E-state index is 12.8. The summed E-state index contributed by atoms with van der Waals surface area (Å²) in [7, 11) is 0. The first-order valence-corrected chi connectivity index (χ1v) is 10.2. The Balaban J connectivity index is 1.55. The largest absolute Gasteiger partial charge is 0.507 e. The molecule has 1 aliphatic carbocycles. The number of phenolic OH excluding ortho intramolecular Hbond substituents is 1. The third-order valence-electron chi connectivity index (χ3n) is 5.25. The normalized spacial score (nSPS) is 12.1. The molecule has 3 amide bonds. The fourth-order valence-electron chi connectivity index (χ4n) is 3.70. The van der Waals surface area contributed by atoms with E-state index in [0.29, 0.717) is 0 Å². The molecule has 1 aliphatic rings. The van der Waals surface area contributed by atoms with Crippen molar-refractivity contribution in [3.63, 3.8) is 0 Å². The molecule has 0 radical (unpaired) electrons. The van der Waals surface area contributed by atoms with Crippen molar-refractivity contribution in [3.8, 4) is 22.6 Å². The monoisotopic (exact) mass is 430 g/mol. The average Bonchev–Trinajstić information content (AvgIpc) is 3.07. The highest BCUT2D eigenvalue weighted by atomic mass is 16.5. The van der Waals surface area contributed by atoms with Crippen LogP contribution < -0.4 is 15.4 Å². The van der Waals surface area contributed by atoms with Crippen LogP contribution in [0, 0.1) is 5.92 Å². The highest BCUT2D eigenvalue weighted by Gasteiger charge is 2.30. The first-order valence-electron chi connectivity index (χ1n) is 10.2. The van der Waals surface area contributed by atoms with Gasteiger partial charge in [-0.05, 0) is 34.4 Å². The van der Waals surface area contributed by atoms with Crippen LogP contribution in [0.15, 0.2) is 66.7 Å². The maximum Gasteiger partial charge on any atom is 0.322 e. The number of carbonyl (C=O) groups excluding carboxylic acids is 3. The summed E-state index contributed by atoms with van der Waals surface area (Å²) in [6, 6.07) is 18.4. The molecule has 0 bridgehead atoms. The van der Waals surface area contributed by atoms with E-state index >= 15 is 0 Å². The number of nitrogens with one attached hydrogen (secondary N) is 2. The number of esters is 1. The predicted octanol–water partition coefficient (Wildman–Crippen LogP) is 4.16. The molecule has 3 aromatic rings. The number of hydrogen-bond acceptors (Lipinski definition) is 5. The zero-order chi connectivity index (χ0) is 22.8. The number of rotatable bonds is 4. The summed E-state index contributed by atoms with van der Waals surface area (Å²) < 4.78 is 5.23. The van der Waals surface area contributed by atoms with Gasteiger partial charge in [-0.15, -0.1) is 0 Å². The fraction of sp³-hybridized carbons (Fsp3) is 0.160. The van der Waals surface area contributed by atoms with Crippen LogP contribution in [0.4, 0.5) is 4.79 Å². The van der Waals surface area contributed by atoms with Crippen LogP contribution in [0.2, 0.25) is 0 Å². The van der Waals surface area contributed by atoms with Gasteiger partial charge in [-0.2, -0.15) is 0 Å². The molecule has 7 heteroatoms. The van der Waals surface area contributed by atoms with E-state index in [2.05, 4.69) is 10.6 Å². The second-order valence-corrected chi connectivity index (χ2v) is 7.76. The molecule has 0 saturated carbocycles. The average molecular weight is 430 g/mol. The van der Waals surface area contributed by atoms with E-state index in [4.69, 9.17) is 4.74 Å². The minimum absolute atomic E-state index is 0.120. The van der Waals surface area contributed by atoms with Crippen LogP contribution in [-0.4, -0.2) is 23.0 Å². The van der Waals surface area contributed by atoms with E-state index in [1.165, 1.54) is 18.2 Å². The van der Waals surface area contributed by atoms with Crippen molar-refractivity contribution < 1.29 is 24.2 Å². The molecule has 0 fully saturated rings. The molecule has 7 nitrogen and oxygen atoms in total. The van der Waals surface area contributed by atoms with Gasteiger partial charge in [-0.3, -0.25) is 14.9 Å². The Labute approximate surface area is 185 Å². The third-order valence-corrected chi connectivity index (χ3v) is 5.25. The number of imide groups is 1. The smallest absolute Gasteiger partial charge is 0.322 e. The molecule has 4 rings (SSSR count). The third kappa shape index (κ3) is 3.92. The van der Waals surface area contributed by atoms with Crippen LogP contribution in [0.5, 0.6) is 11.5 Å². The summed E-state index contributed by atoms with van der Waals surface area (Å²) in [5.74, 6) is -2.40. The maximum absolute atomic E-state index is 12.8. The number of benzene rings is 3. The molecular formula is C25H22N2O5. The van der Waals surface area contributed by atoms with Crippen molar-refractivity contribution in [1.82, 2.24) is 10.6 Å². The number of phenols is 1. The Bertz CT molecular complexity index is 1170. The van der Waals surface area contributed by atoms with Crippen LogP contribution in [-0.2, 0) is 4.79 Å². The summed E-state index contributed by atoms with van der Waals surface area (Å²) in [5, 5.41) is 15.2. The van der Waals surface area contributed by atoms with E-state index in [9.17, 15) is 19.5 Å². The standard InChI is InChI=1S/C25H22N2O5/c1-14(2)24(30)32-20-13-7-12-19(28)21(20)23(29)27-25(31)26-22-17-10-5-3-8-15(17)16-9-4-6-11-18(16)22/h3-14,22,28H,1-2H3,(H2,26,27,29,31). The molecule has 162 valence electrons. The van der Waals surface area contributed by atoms with Crippen LogP contribution in [0.25, 0.3) is 11.1 Å². The number of carbonyl (C=O) groups is 3. The molecule has 0 saturated heterocycles. The molecule has 0 atom stereocenters. The summed E-state index contributed by atoms with van der Waals surface area (Å²) in [6.45, 7) is 3.30. The van der Waals surface area contributed by atoms with Gasteiger partial charge in [0.15, 0.2) is 0 Å². The number of hydrogen-bond donors (Lipinski definition) is 3. The SMILES string of the molecule is CC(C)C(=O)Oc1cccc(O)c1C(=O)NC(=O)NC1c2ccccc2-c2ccccc21. The first kappa shape index (κ1) is 21.1. The summed E-state index contributed by atoms with van der Waals surface area (Å²) >= 11 is 0. The number of urea groups is 1. The number of ether oxygens (including phenoxy) is 1. The van der Waals surface area contributed by atoms with Crippen molar-refractivity contribution in [3.05, 3.63) is 83.4 Å². The van der Waals surface area contributed by atoms with Crippen LogP contribution in [0.3, 0.4) is 0 Å². The van der Waals surface area contributed by atoms with Crippen molar-refractivity contribution in [1.29, 1.82) is 0 Å². The van der Waals surface area contributed by atoms with Gasteiger partial charge in [-0.25, -0.2) is 4.79 Å². The van der Waals surface area contributed by atoms with Gasteiger partial charge in [0.2, 0.25) is 0 Å². The van der Waals surface area contributed by atoms with Crippen molar-refractivity contribution >= 4 is 17.9 Å². The summed E-state index contributed by atoms with van der Waals surface area (Å²) in [4.78, 5) is 37.5.